The fraction of sp³-hybridized carbons (Fsp3) is 0.571. The Morgan fingerprint density at radius 3 is 2.78 bits per heavy atom. The molecule has 0 amide bonds. The molecule has 0 atom stereocenters. The molecular weight excluding hydrogens is 242 g/mol. The molecule has 3 rings (SSSR count). The predicted molar refractivity (Wildman–Crippen MR) is 74.6 cm³/mol. The highest BCUT2D eigenvalue weighted by Gasteiger charge is 2.15. The van der Waals surface area contributed by atoms with Gasteiger partial charge in [-0.1, -0.05) is 44.6 Å². The maximum atomic E-state index is 4.62. The third-order valence-corrected chi connectivity index (χ3v) is 4.60. The summed E-state index contributed by atoms with van der Waals surface area (Å²) in [7, 11) is 0. The predicted octanol–water partition coefficient (Wildman–Crippen LogP) is 4.05. The zero-order valence-corrected chi connectivity index (χ0v) is 11.4. The molecule has 0 saturated heterocycles. The van der Waals surface area contributed by atoms with Crippen molar-refractivity contribution in [3.05, 3.63) is 23.3 Å². The molecule has 2 aromatic rings. The number of thiophene rings is 1. The van der Waals surface area contributed by atoms with E-state index in [1.165, 1.54) is 38.5 Å². The molecule has 3 nitrogen and oxygen atoms in total. The first-order chi connectivity index (χ1) is 8.92. The summed E-state index contributed by atoms with van der Waals surface area (Å²) in [5, 5.41) is 9.50. The molecule has 1 aliphatic rings. The summed E-state index contributed by atoms with van der Waals surface area (Å²) in [5.74, 6) is 2.72. The Kier molecular flexibility index (Phi) is 3.74. The lowest BCUT2D eigenvalue weighted by atomic mass is 9.96. The third kappa shape index (κ3) is 2.80. The second-order valence-electron chi connectivity index (χ2n) is 5.14. The van der Waals surface area contributed by atoms with E-state index in [1.807, 2.05) is 6.07 Å². The summed E-state index contributed by atoms with van der Waals surface area (Å²) in [4.78, 5) is 5.77. The van der Waals surface area contributed by atoms with E-state index >= 15 is 0 Å². The van der Waals surface area contributed by atoms with Crippen molar-refractivity contribution in [2.24, 2.45) is 5.92 Å². The lowest BCUT2D eigenvalue weighted by Gasteiger charge is -2.10. The largest absolute Gasteiger partial charge is 0.263 e. The summed E-state index contributed by atoms with van der Waals surface area (Å²) >= 11 is 1.69. The monoisotopic (exact) mass is 261 g/mol. The fourth-order valence-corrected chi connectivity index (χ4v) is 3.40. The summed E-state index contributed by atoms with van der Waals surface area (Å²) < 4.78 is 0. The average molecular weight is 261 g/mol. The molecule has 18 heavy (non-hydrogen) atoms. The van der Waals surface area contributed by atoms with Gasteiger partial charge in [-0.05, 0) is 17.4 Å². The SMILES string of the molecule is c1csc(-c2n[nH]c(CC3CCCCCC3)n2)c1. The lowest BCUT2D eigenvalue weighted by Crippen LogP contribution is -2.04. The highest BCUT2D eigenvalue weighted by Crippen LogP contribution is 2.26. The first-order valence-electron chi connectivity index (χ1n) is 6.87. The zero-order valence-electron chi connectivity index (χ0n) is 10.6. The van der Waals surface area contributed by atoms with Crippen LogP contribution in [-0.4, -0.2) is 15.2 Å². The van der Waals surface area contributed by atoms with E-state index in [4.69, 9.17) is 0 Å². The number of nitrogens with one attached hydrogen (secondary N) is 1. The van der Waals surface area contributed by atoms with Gasteiger partial charge in [0.1, 0.15) is 5.82 Å². The molecule has 1 saturated carbocycles. The number of nitrogens with zero attached hydrogens (tertiary/aromatic N) is 2. The molecule has 2 heterocycles. The van der Waals surface area contributed by atoms with E-state index in [0.717, 1.165) is 28.9 Å². The Labute approximate surface area is 112 Å². The molecular formula is C14H19N3S. The van der Waals surface area contributed by atoms with Crippen LogP contribution in [0.4, 0.5) is 0 Å². The minimum Gasteiger partial charge on any atom is -0.263 e. The summed E-state index contributed by atoms with van der Waals surface area (Å²) in [6, 6.07) is 4.12. The quantitative estimate of drug-likeness (QED) is 0.847. The third-order valence-electron chi connectivity index (χ3n) is 3.73. The van der Waals surface area contributed by atoms with Crippen LogP contribution in [0.25, 0.3) is 10.7 Å². The Hall–Kier alpha value is -1.16. The van der Waals surface area contributed by atoms with E-state index in [0.29, 0.717) is 0 Å². The zero-order chi connectivity index (χ0) is 12.2. The summed E-state index contributed by atoms with van der Waals surface area (Å²) in [6.07, 6.45) is 9.37. The van der Waals surface area contributed by atoms with Crippen molar-refractivity contribution < 1.29 is 0 Å². The van der Waals surface area contributed by atoms with E-state index in [1.54, 1.807) is 11.3 Å². The standard InChI is InChI=1S/C14H19N3S/c1-2-4-7-11(6-3-1)10-13-15-14(17-16-13)12-8-5-9-18-12/h5,8-9,11H,1-4,6-7,10H2,(H,15,16,17). The molecule has 2 aromatic heterocycles. The second-order valence-corrected chi connectivity index (χ2v) is 6.09. The van der Waals surface area contributed by atoms with Gasteiger partial charge in [0.05, 0.1) is 4.88 Å². The first kappa shape index (κ1) is 11.9. The molecule has 0 unspecified atom stereocenters. The summed E-state index contributed by atoms with van der Waals surface area (Å²) in [6.45, 7) is 0. The van der Waals surface area contributed by atoms with Crippen molar-refractivity contribution in [1.82, 2.24) is 15.2 Å². The van der Waals surface area contributed by atoms with Gasteiger partial charge < -0.3 is 0 Å². The maximum absolute atomic E-state index is 4.62. The molecule has 1 fully saturated rings. The van der Waals surface area contributed by atoms with Crippen LogP contribution >= 0.6 is 11.3 Å². The number of rotatable bonds is 3. The van der Waals surface area contributed by atoms with Crippen LogP contribution in [0.2, 0.25) is 0 Å². The van der Waals surface area contributed by atoms with Crippen molar-refractivity contribution in [2.75, 3.05) is 0 Å². The van der Waals surface area contributed by atoms with Crippen LogP contribution in [-0.2, 0) is 6.42 Å². The Morgan fingerprint density at radius 2 is 2.06 bits per heavy atom. The molecule has 0 bridgehead atoms. The van der Waals surface area contributed by atoms with Crippen LogP contribution in [0.1, 0.15) is 44.3 Å². The fourth-order valence-electron chi connectivity index (χ4n) is 2.74. The molecule has 0 radical (unpaired) electrons. The van der Waals surface area contributed by atoms with E-state index in [9.17, 15) is 0 Å². The molecule has 0 aromatic carbocycles. The van der Waals surface area contributed by atoms with Gasteiger partial charge in [-0.3, -0.25) is 5.10 Å². The van der Waals surface area contributed by atoms with Crippen LogP contribution in [0.5, 0.6) is 0 Å². The minimum absolute atomic E-state index is 0.802. The van der Waals surface area contributed by atoms with Gasteiger partial charge >= 0.3 is 0 Å². The van der Waals surface area contributed by atoms with Crippen LogP contribution in [0.15, 0.2) is 17.5 Å². The van der Waals surface area contributed by atoms with Crippen LogP contribution < -0.4 is 0 Å². The number of aromatic nitrogens is 3. The van der Waals surface area contributed by atoms with Gasteiger partial charge in [-0.2, -0.15) is 5.10 Å². The maximum Gasteiger partial charge on any atom is 0.191 e. The highest BCUT2D eigenvalue weighted by atomic mass is 32.1. The Morgan fingerprint density at radius 1 is 1.22 bits per heavy atom. The van der Waals surface area contributed by atoms with E-state index in [2.05, 4.69) is 26.6 Å². The summed E-state index contributed by atoms with van der Waals surface area (Å²) in [5.41, 5.74) is 0. The molecule has 1 N–H and O–H groups in total. The minimum atomic E-state index is 0.802. The van der Waals surface area contributed by atoms with Crippen molar-refractivity contribution in [2.45, 2.75) is 44.9 Å². The van der Waals surface area contributed by atoms with Crippen LogP contribution in [0, 0.1) is 5.92 Å². The van der Waals surface area contributed by atoms with Crippen molar-refractivity contribution >= 4 is 11.3 Å². The smallest absolute Gasteiger partial charge is 0.191 e. The van der Waals surface area contributed by atoms with Gasteiger partial charge in [0, 0.05) is 6.42 Å². The second kappa shape index (κ2) is 5.65. The molecule has 0 spiro atoms. The van der Waals surface area contributed by atoms with Crippen molar-refractivity contribution in [3.63, 3.8) is 0 Å². The number of H-pyrrole nitrogens is 1. The van der Waals surface area contributed by atoms with E-state index < -0.39 is 0 Å². The number of hydrogen-bond donors (Lipinski definition) is 1. The van der Waals surface area contributed by atoms with Gasteiger partial charge in [0.2, 0.25) is 0 Å². The topological polar surface area (TPSA) is 41.6 Å². The Balaban J connectivity index is 1.66. The van der Waals surface area contributed by atoms with Crippen LogP contribution in [0.3, 0.4) is 0 Å². The number of hydrogen-bond acceptors (Lipinski definition) is 3. The van der Waals surface area contributed by atoms with Gasteiger partial charge in [0.15, 0.2) is 5.82 Å². The highest BCUT2D eigenvalue weighted by molar-refractivity contribution is 7.13. The van der Waals surface area contributed by atoms with Gasteiger partial charge in [-0.25, -0.2) is 4.98 Å². The molecule has 96 valence electrons. The normalized spacial score (nSPS) is 17.8. The van der Waals surface area contributed by atoms with Crippen molar-refractivity contribution in [1.29, 1.82) is 0 Å². The van der Waals surface area contributed by atoms with Gasteiger partial charge in [0.25, 0.3) is 0 Å². The van der Waals surface area contributed by atoms with Crippen molar-refractivity contribution in [3.8, 4) is 10.7 Å². The number of aromatic amines is 1. The lowest BCUT2D eigenvalue weighted by molar-refractivity contribution is 0.448. The Bertz CT molecular complexity index is 467. The molecule has 4 heteroatoms. The molecule has 0 aliphatic heterocycles. The van der Waals surface area contributed by atoms with E-state index in [-0.39, 0.29) is 0 Å². The average Bonchev–Trinajstić information content (AvgIpc) is 2.98. The molecule has 1 aliphatic carbocycles. The van der Waals surface area contributed by atoms with Gasteiger partial charge in [-0.15, -0.1) is 11.3 Å². The first-order valence-corrected chi connectivity index (χ1v) is 7.75.